The molecule has 2 rings (SSSR count). The predicted molar refractivity (Wildman–Crippen MR) is 93.4 cm³/mol. The van der Waals surface area contributed by atoms with E-state index in [9.17, 15) is 14.2 Å². The van der Waals surface area contributed by atoms with Gasteiger partial charge in [-0.3, -0.25) is 13.9 Å². The highest BCUT2D eigenvalue weighted by atomic mass is 31.2. The van der Waals surface area contributed by atoms with Gasteiger partial charge in [-0.1, -0.05) is 0 Å². The van der Waals surface area contributed by atoms with Crippen LogP contribution in [0.4, 0.5) is 0 Å². The monoisotopic (exact) mass is 384 g/mol. The summed E-state index contributed by atoms with van der Waals surface area (Å²) in [4.78, 5) is 23.1. The third-order valence-electron chi connectivity index (χ3n) is 3.74. The van der Waals surface area contributed by atoms with Crippen molar-refractivity contribution in [3.05, 3.63) is 29.3 Å². The Morgan fingerprint density at radius 1 is 1.23 bits per heavy atom. The summed E-state index contributed by atoms with van der Waals surface area (Å²) in [5.41, 5.74) is 0.921. The number of hydrogen-bond acceptors (Lipinski definition) is 8. The number of carbonyl (C=O) groups excluding carboxylic acids is 2. The zero-order chi connectivity index (χ0) is 19.3. The highest BCUT2D eigenvalue weighted by Crippen LogP contribution is 2.59. The van der Waals surface area contributed by atoms with Crippen LogP contribution in [0.3, 0.4) is 0 Å². The van der Waals surface area contributed by atoms with Gasteiger partial charge in [-0.2, -0.15) is 0 Å². The molecular weight excluding hydrogens is 363 g/mol. The van der Waals surface area contributed by atoms with Gasteiger partial charge in [-0.05, 0) is 30.7 Å². The topological polar surface area (TPSA) is 97.4 Å². The molecule has 0 saturated heterocycles. The highest BCUT2D eigenvalue weighted by molar-refractivity contribution is 7.62. The molecular formula is C17H21O8P. The van der Waals surface area contributed by atoms with Crippen molar-refractivity contribution in [3.8, 4) is 5.75 Å². The number of esters is 2. The van der Waals surface area contributed by atoms with E-state index in [0.29, 0.717) is 22.2 Å². The first-order chi connectivity index (χ1) is 12.4. The van der Waals surface area contributed by atoms with Crippen molar-refractivity contribution in [2.45, 2.75) is 19.4 Å². The van der Waals surface area contributed by atoms with Crippen LogP contribution in [0.5, 0.6) is 5.75 Å². The van der Waals surface area contributed by atoms with Crippen molar-refractivity contribution in [2.24, 2.45) is 0 Å². The minimum atomic E-state index is -3.69. The summed E-state index contributed by atoms with van der Waals surface area (Å²) < 4.78 is 38.8. The van der Waals surface area contributed by atoms with Gasteiger partial charge in [0.15, 0.2) is 0 Å². The highest BCUT2D eigenvalue weighted by Gasteiger charge is 2.45. The fraction of sp³-hybridized carbons (Fsp3) is 0.412. The lowest BCUT2D eigenvalue weighted by atomic mass is 10.0. The Hall–Kier alpha value is -2.15. The van der Waals surface area contributed by atoms with E-state index >= 15 is 0 Å². The molecule has 0 amide bonds. The van der Waals surface area contributed by atoms with E-state index in [2.05, 4.69) is 9.47 Å². The smallest absolute Gasteiger partial charge is 0.362 e. The molecule has 0 radical (unpaired) electrons. The summed E-state index contributed by atoms with van der Waals surface area (Å²) >= 11 is 0. The fourth-order valence-electron chi connectivity index (χ4n) is 2.61. The van der Waals surface area contributed by atoms with Crippen LogP contribution >= 0.6 is 7.60 Å². The van der Waals surface area contributed by atoms with E-state index in [0.717, 1.165) is 0 Å². The number of rotatable bonds is 7. The summed E-state index contributed by atoms with van der Waals surface area (Å²) in [6.45, 7) is 1.83. The molecule has 1 aliphatic rings. The molecule has 1 heterocycles. The van der Waals surface area contributed by atoms with E-state index in [1.54, 1.807) is 19.1 Å². The Morgan fingerprint density at radius 3 is 2.54 bits per heavy atom. The van der Waals surface area contributed by atoms with Crippen LogP contribution in [0.2, 0.25) is 0 Å². The lowest BCUT2D eigenvalue weighted by Gasteiger charge is -2.14. The van der Waals surface area contributed by atoms with Gasteiger partial charge < -0.3 is 18.7 Å². The predicted octanol–water partition coefficient (Wildman–Crippen LogP) is 2.37. The zero-order valence-electron chi connectivity index (χ0n) is 15.0. The van der Waals surface area contributed by atoms with Gasteiger partial charge >= 0.3 is 19.5 Å². The van der Waals surface area contributed by atoms with E-state index in [-0.39, 0.29) is 13.0 Å². The molecule has 0 fully saturated rings. The third-order valence-corrected chi connectivity index (χ3v) is 5.94. The maximum atomic E-state index is 13.3. The molecule has 0 aliphatic carbocycles. The van der Waals surface area contributed by atoms with E-state index in [1.807, 2.05) is 0 Å². The van der Waals surface area contributed by atoms with Crippen LogP contribution in [0.15, 0.2) is 18.2 Å². The Labute approximate surface area is 151 Å². The second-order valence-corrected chi connectivity index (χ2v) is 7.21. The molecule has 1 aromatic rings. The first-order valence-corrected chi connectivity index (χ1v) is 9.41. The molecule has 1 unspecified atom stereocenters. The minimum absolute atomic E-state index is 0.131. The first-order valence-electron chi connectivity index (χ1n) is 7.86. The van der Waals surface area contributed by atoms with E-state index in [1.165, 1.54) is 33.5 Å². The van der Waals surface area contributed by atoms with E-state index < -0.39 is 25.6 Å². The number of hydrogen-bond donors (Lipinski definition) is 0. The molecule has 0 bridgehead atoms. The quantitative estimate of drug-likeness (QED) is 0.402. The molecule has 1 aromatic carbocycles. The minimum Gasteiger partial charge on any atom is -0.497 e. The van der Waals surface area contributed by atoms with E-state index in [4.69, 9.17) is 13.8 Å². The second kappa shape index (κ2) is 8.49. The normalized spacial score (nSPS) is 21.5. The summed E-state index contributed by atoms with van der Waals surface area (Å²) in [5, 5.41) is 0.300. The Bertz CT molecular complexity index is 770. The molecule has 26 heavy (non-hydrogen) atoms. The lowest BCUT2D eigenvalue weighted by molar-refractivity contribution is -0.142. The molecule has 9 heteroatoms. The van der Waals surface area contributed by atoms with Crippen LogP contribution < -0.4 is 10.0 Å². The van der Waals surface area contributed by atoms with Crippen molar-refractivity contribution in [2.75, 3.05) is 27.9 Å². The second-order valence-electron chi connectivity index (χ2n) is 5.30. The van der Waals surface area contributed by atoms with Gasteiger partial charge in [0.2, 0.25) is 0 Å². The summed E-state index contributed by atoms with van der Waals surface area (Å²) in [7, 11) is 0.303. The van der Waals surface area contributed by atoms with Gasteiger partial charge in [0.05, 0.1) is 39.7 Å². The zero-order valence-corrected chi connectivity index (χ0v) is 15.9. The van der Waals surface area contributed by atoms with Crippen molar-refractivity contribution in [3.63, 3.8) is 0 Å². The summed E-state index contributed by atoms with van der Waals surface area (Å²) in [6, 6.07) is 3.24. The van der Waals surface area contributed by atoms with Crippen molar-refractivity contribution in [1.82, 2.24) is 0 Å². The third kappa shape index (κ3) is 4.15. The van der Waals surface area contributed by atoms with Crippen molar-refractivity contribution >= 4 is 30.9 Å². The molecule has 0 N–H and O–H groups in total. The SMILES string of the molecule is CCOP1(=O)O[C@@H](CC(=O)OC)c2cc(OC)cc(/C=C/C(=O)OC)c21. The van der Waals surface area contributed by atoms with Crippen LogP contribution in [-0.4, -0.2) is 39.9 Å². The molecule has 2 atom stereocenters. The van der Waals surface area contributed by atoms with Crippen molar-refractivity contribution < 1.29 is 37.4 Å². The Balaban J connectivity index is 2.61. The largest absolute Gasteiger partial charge is 0.497 e. The summed E-state index contributed by atoms with van der Waals surface area (Å²) in [5.74, 6) is -0.630. The number of methoxy groups -OCH3 is 3. The molecule has 0 spiro atoms. The number of carbonyl (C=O) groups is 2. The summed E-state index contributed by atoms with van der Waals surface area (Å²) in [6.07, 6.45) is 1.70. The fourth-order valence-corrected chi connectivity index (χ4v) is 4.75. The number of fused-ring (bicyclic) bond motifs is 1. The lowest BCUT2D eigenvalue weighted by Crippen LogP contribution is -2.13. The molecule has 8 nitrogen and oxygen atoms in total. The standard InChI is InChI=1S/C17H21O8P/c1-5-24-26(20)17-11(6-7-15(18)22-3)8-12(21-2)9-13(17)14(25-26)10-16(19)23-4/h6-9,14H,5,10H2,1-4H3/b7-6+/t14-,26?/m0/s1. The molecule has 0 aromatic heterocycles. The maximum absolute atomic E-state index is 13.3. The maximum Gasteiger partial charge on any atom is 0.362 e. The Morgan fingerprint density at radius 2 is 1.96 bits per heavy atom. The van der Waals surface area contributed by atoms with Crippen molar-refractivity contribution in [1.29, 1.82) is 0 Å². The number of ether oxygens (including phenoxy) is 3. The van der Waals surface area contributed by atoms with Crippen LogP contribution in [-0.2, 0) is 32.7 Å². The van der Waals surface area contributed by atoms with Gasteiger partial charge in [-0.25, -0.2) is 4.79 Å². The first kappa shape index (κ1) is 20.2. The van der Waals surface area contributed by atoms with Crippen LogP contribution in [0.25, 0.3) is 6.08 Å². The average molecular weight is 384 g/mol. The van der Waals surface area contributed by atoms with Gasteiger partial charge in [0.1, 0.15) is 11.9 Å². The van der Waals surface area contributed by atoms with Gasteiger partial charge in [0.25, 0.3) is 0 Å². The number of benzene rings is 1. The molecule has 142 valence electrons. The van der Waals surface area contributed by atoms with Gasteiger partial charge in [0, 0.05) is 11.6 Å². The van der Waals surface area contributed by atoms with Crippen LogP contribution in [0, 0.1) is 0 Å². The molecule has 0 saturated carbocycles. The van der Waals surface area contributed by atoms with Crippen LogP contribution in [0.1, 0.15) is 30.6 Å². The van der Waals surface area contributed by atoms with Gasteiger partial charge in [-0.15, -0.1) is 0 Å². The average Bonchev–Trinajstić information content (AvgIpc) is 2.91. The Kier molecular flexibility index (Phi) is 6.58. The molecule has 1 aliphatic heterocycles.